The summed E-state index contributed by atoms with van der Waals surface area (Å²) in [6.07, 6.45) is 3.81. The fourth-order valence-electron chi connectivity index (χ4n) is 5.43. The number of aromatic hydroxyl groups is 1. The molecule has 0 fully saturated rings. The largest absolute Gasteiger partial charge is 0.506 e. The average molecular weight is 530 g/mol. The van der Waals surface area contributed by atoms with Crippen LogP contribution in [0.4, 0.5) is 0 Å². The van der Waals surface area contributed by atoms with E-state index in [1.165, 1.54) is 5.56 Å². The van der Waals surface area contributed by atoms with E-state index in [1.54, 1.807) is 20.4 Å². The van der Waals surface area contributed by atoms with Crippen molar-refractivity contribution < 1.29 is 19.3 Å². The van der Waals surface area contributed by atoms with Crippen LogP contribution in [0.5, 0.6) is 17.2 Å². The first-order chi connectivity index (χ1) is 18.8. The minimum absolute atomic E-state index is 0.0248. The molecule has 1 aromatic heterocycles. The van der Waals surface area contributed by atoms with Crippen LogP contribution in [0.25, 0.3) is 0 Å². The van der Waals surface area contributed by atoms with Crippen molar-refractivity contribution in [3.63, 3.8) is 0 Å². The molecule has 2 aromatic carbocycles. The van der Waals surface area contributed by atoms with Gasteiger partial charge in [-0.3, -0.25) is 4.98 Å². The molecular formula is C32H39N3O4. The maximum atomic E-state index is 11.4. The van der Waals surface area contributed by atoms with Crippen molar-refractivity contribution in [2.45, 2.75) is 51.2 Å². The Morgan fingerprint density at radius 1 is 1.13 bits per heavy atom. The lowest BCUT2D eigenvalue weighted by molar-refractivity contribution is 0.0932. The first-order valence-corrected chi connectivity index (χ1v) is 13.5. The summed E-state index contributed by atoms with van der Waals surface area (Å²) in [5.41, 5.74) is 3.37. The van der Waals surface area contributed by atoms with E-state index in [0.717, 1.165) is 54.1 Å². The zero-order chi connectivity index (χ0) is 28.0. The molecule has 0 spiro atoms. The van der Waals surface area contributed by atoms with Crippen molar-refractivity contribution in [1.82, 2.24) is 9.88 Å². The molecule has 0 saturated heterocycles. The summed E-state index contributed by atoms with van der Waals surface area (Å²) in [5.74, 6) is 1.53. The van der Waals surface area contributed by atoms with E-state index < -0.39 is 5.41 Å². The van der Waals surface area contributed by atoms with E-state index in [-0.39, 0.29) is 17.8 Å². The topological polar surface area (TPSA) is 87.8 Å². The number of nitrogens with zero attached hydrogens (tertiary/aromatic N) is 3. The van der Waals surface area contributed by atoms with Gasteiger partial charge >= 0.3 is 0 Å². The maximum Gasteiger partial charge on any atom is 0.160 e. The monoisotopic (exact) mass is 529 g/mol. The van der Waals surface area contributed by atoms with Crippen LogP contribution >= 0.6 is 0 Å². The van der Waals surface area contributed by atoms with E-state index in [9.17, 15) is 10.4 Å². The second-order valence-corrected chi connectivity index (χ2v) is 10.6. The summed E-state index contributed by atoms with van der Waals surface area (Å²) in [6.45, 7) is 6.06. The molecule has 2 unspecified atom stereocenters. The number of fused-ring (bicyclic) bond motifs is 1. The lowest BCUT2D eigenvalue weighted by atomic mass is 9.71. The van der Waals surface area contributed by atoms with Crippen LogP contribution in [0.2, 0.25) is 0 Å². The highest BCUT2D eigenvalue weighted by Crippen LogP contribution is 2.46. The van der Waals surface area contributed by atoms with Gasteiger partial charge in [-0.1, -0.05) is 50.2 Å². The van der Waals surface area contributed by atoms with Crippen molar-refractivity contribution in [1.29, 1.82) is 5.26 Å². The zero-order valence-corrected chi connectivity index (χ0v) is 23.6. The Labute approximate surface area is 232 Å². The smallest absolute Gasteiger partial charge is 0.160 e. The summed E-state index contributed by atoms with van der Waals surface area (Å²) in [6, 6.07) is 18.5. The molecule has 2 atom stereocenters. The second kappa shape index (κ2) is 12.5. The Kier molecular flexibility index (Phi) is 9.11. The molecule has 2 heterocycles. The fourth-order valence-corrected chi connectivity index (χ4v) is 5.43. The number of hydrogen-bond donors (Lipinski definition) is 1. The van der Waals surface area contributed by atoms with E-state index in [0.29, 0.717) is 18.7 Å². The number of rotatable bonds is 12. The maximum absolute atomic E-state index is 11.4. The van der Waals surface area contributed by atoms with Gasteiger partial charge < -0.3 is 24.2 Å². The Hall–Kier alpha value is -3.60. The minimum Gasteiger partial charge on any atom is -0.506 e. The van der Waals surface area contributed by atoms with Gasteiger partial charge in [-0.15, -0.1) is 0 Å². The molecule has 1 N–H and O–H groups in total. The van der Waals surface area contributed by atoms with Crippen LogP contribution in [0.1, 0.15) is 60.7 Å². The number of pyridine rings is 1. The van der Waals surface area contributed by atoms with Crippen LogP contribution in [-0.2, 0) is 23.2 Å². The molecule has 4 rings (SSSR count). The third-order valence-electron chi connectivity index (χ3n) is 7.92. The van der Waals surface area contributed by atoms with E-state index >= 15 is 0 Å². The predicted octanol–water partition coefficient (Wildman–Crippen LogP) is 5.80. The molecule has 206 valence electrons. The highest BCUT2D eigenvalue weighted by Gasteiger charge is 2.42. The lowest BCUT2D eigenvalue weighted by Crippen LogP contribution is -2.34. The Bertz CT molecular complexity index is 1300. The summed E-state index contributed by atoms with van der Waals surface area (Å²) >= 11 is 0. The van der Waals surface area contributed by atoms with Crippen molar-refractivity contribution in [2.24, 2.45) is 5.92 Å². The quantitative estimate of drug-likeness (QED) is 0.317. The molecule has 39 heavy (non-hydrogen) atoms. The number of hydrogen-bond acceptors (Lipinski definition) is 7. The van der Waals surface area contributed by atoms with Gasteiger partial charge in [-0.25, -0.2) is 0 Å². The van der Waals surface area contributed by atoms with Gasteiger partial charge in [0, 0.05) is 23.9 Å². The van der Waals surface area contributed by atoms with Crippen LogP contribution in [0.15, 0.2) is 54.7 Å². The predicted molar refractivity (Wildman–Crippen MR) is 151 cm³/mol. The minimum atomic E-state index is -0.895. The molecule has 0 aliphatic carbocycles. The third kappa shape index (κ3) is 5.88. The van der Waals surface area contributed by atoms with Crippen LogP contribution in [-0.4, -0.2) is 49.3 Å². The number of benzene rings is 2. The number of nitriles is 1. The van der Waals surface area contributed by atoms with Crippen molar-refractivity contribution in [3.05, 3.63) is 82.7 Å². The normalized spacial score (nSPS) is 16.1. The van der Waals surface area contributed by atoms with Gasteiger partial charge in [0.05, 0.1) is 26.9 Å². The highest BCUT2D eigenvalue weighted by atomic mass is 16.5. The van der Waals surface area contributed by atoms with E-state index in [1.807, 2.05) is 56.3 Å². The Balaban J connectivity index is 1.44. The van der Waals surface area contributed by atoms with Gasteiger partial charge in [0.2, 0.25) is 0 Å². The van der Waals surface area contributed by atoms with Gasteiger partial charge in [-0.05, 0) is 62.0 Å². The van der Waals surface area contributed by atoms with E-state index in [4.69, 9.17) is 19.2 Å². The SMILES string of the molecule is COc1ccc(CCN(C)CCCC(C#N)(c2ncc3c(c2O)COC3c2ccccc2)C(C)C)cc1OC. The first-order valence-electron chi connectivity index (χ1n) is 13.5. The highest BCUT2D eigenvalue weighted by molar-refractivity contribution is 5.51. The number of likely N-dealkylation sites (N-methyl/N-ethyl adjacent to an activating group) is 1. The molecule has 0 radical (unpaired) electrons. The zero-order valence-electron chi connectivity index (χ0n) is 23.6. The van der Waals surface area contributed by atoms with Crippen molar-refractivity contribution >= 4 is 0 Å². The Morgan fingerprint density at radius 3 is 2.54 bits per heavy atom. The van der Waals surface area contributed by atoms with Crippen LogP contribution in [0.3, 0.4) is 0 Å². The number of aromatic nitrogens is 1. The molecule has 0 bridgehead atoms. The van der Waals surface area contributed by atoms with Gasteiger partial charge in [0.15, 0.2) is 11.5 Å². The molecule has 0 saturated carbocycles. The van der Waals surface area contributed by atoms with Gasteiger partial charge in [0.25, 0.3) is 0 Å². The second-order valence-electron chi connectivity index (χ2n) is 10.6. The molecule has 7 nitrogen and oxygen atoms in total. The molecule has 1 aliphatic heterocycles. The first kappa shape index (κ1) is 28.4. The lowest BCUT2D eigenvalue weighted by Gasteiger charge is -2.32. The number of ether oxygens (including phenoxy) is 3. The summed E-state index contributed by atoms with van der Waals surface area (Å²) in [4.78, 5) is 6.98. The molecule has 7 heteroatoms. The van der Waals surface area contributed by atoms with Crippen LogP contribution in [0, 0.1) is 17.2 Å². The van der Waals surface area contributed by atoms with Gasteiger partial charge in [-0.2, -0.15) is 5.26 Å². The summed E-state index contributed by atoms with van der Waals surface area (Å²) in [5, 5.41) is 21.8. The van der Waals surface area contributed by atoms with Crippen molar-refractivity contribution in [3.8, 4) is 23.3 Å². The third-order valence-corrected chi connectivity index (χ3v) is 7.92. The molecule has 0 amide bonds. The van der Waals surface area contributed by atoms with Crippen LogP contribution < -0.4 is 9.47 Å². The summed E-state index contributed by atoms with van der Waals surface area (Å²) in [7, 11) is 5.37. The van der Waals surface area contributed by atoms with E-state index in [2.05, 4.69) is 24.1 Å². The fraction of sp³-hybridized carbons (Fsp3) is 0.438. The molecular weight excluding hydrogens is 490 g/mol. The van der Waals surface area contributed by atoms with Crippen molar-refractivity contribution in [2.75, 3.05) is 34.4 Å². The average Bonchev–Trinajstić information content (AvgIpc) is 3.40. The molecule has 1 aliphatic rings. The summed E-state index contributed by atoms with van der Waals surface area (Å²) < 4.78 is 16.8. The van der Waals surface area contributed by atoms with Gasteiger partial charge in [0.1, 0.15) is 23.0 Å². The standard InChI is InChI=1S/C32H39N3O4/c1-22(2)32(21-33,15-9-16-35(3)17-14-23-12-13-27(37-4)28(18-23)38-5)31-29(36)26-20-39-30(25(26)19-34-31)24-10-7-6-8-11-24/h6-8,10-13,18-19,22,30,36H,9,14-17,20H2,1-5H3. The Morgan fingerprint density at radius 2 is 1.87 bits per heavy atom. The molecule has 3 aromatic rings. The number of methoxy groups -OCH3 is 2.